The third-order valence-electron chi connectivity index (χ3n) is 1.39. The number of hydrogen-bond acceptors (Lipinski definition) is 2. The topological polar surface area (TPSA) is 0 Å². The number of benzene rings is 1. The summed E-state index contributed by atoms with van der Waals surface area (Å²) in [6.45, 7) is 0. The number of thiol groups is 2. The molecule has 0 aliphatic rings. The summed E-state index contributed by atoms with van der Waals surface area (Å²) in [7, 11) is 0. The smallest absolute Gasteiger partial charge is 0.0154 e. The van der Waals surface area contributed by atoms with E-state index in [0.717, 1.165) is 11.5 Å². The minimum absolute atomic E-state index is 0.812. The second kappa shape index (κ2) is 3.94. The first kappa shape index (κ1) is 8.02. The van der Waals surface area contributed by atoms with E-state index in [2.05, 4.69) is 49.5 Å². The highest BCUT2D eigenvalue weighted by molar-refractivity contribution is 7.79. The lowest BCUT2D eigenvalue weighted by molar-refractivity contribution is 1.35. The van der Waals surface area contributed by atoms with Crippen LogP contribution in [0.2, 0.25) is 0 Å². The van der Waals surface area contributed by atoms with Gasteiger partial charge in [-0.3, -0.25) is 0 Å². The summed E-state index contributed by atoms with van der Waals surface area (Å²) in [6, 6.07) is 8.33. The molecule has 0 aliphatic heterocycles. The summed E-state index contributed by atoms with van der Waals surface area (Å²) in [4.78, 5) is 0. The molecule has 0 fully saturated rings. The molecule has 0 saturated heterocycles. The number of hydrogen-bond donors (Lipinski definition) is 2. The van der Waals surface area contributed by atoms with Crippen molar-refractivity contribution < 1.29 is 0 Å². The molecule has 54 valence electrons. The Bertz CT molecular complexity index is 168. The molecule has 1 rings (SSSR count). The van der Waals surface area contributed by atoms with Crippen molar-refractivity contribution in [2.45, 2.75) is 11.5 Å². The summed E-state index contributed by atoms with van der Waals surface area (Å²) in [6.07, 6.45) is 0. The van der Waals surface area contributed by atoms with E-state index in [0.29, 0.717) is 0 Å². The predicted octanol–water partition coefficient (Wildman–Crippen LogP) is 2.55. The molecular formula is C8H10S2. The van der Waals surface area contributed by atoms with Gasteiger partial charge in [0.25, 0.3) is 0 Å². The molecule has 0 unspecified atom stereocenters. The van der Waals surface area contributed by atoms with Crippen LogP contribution >= 0.6 is 25.3 Å². The fourth-order valence-corrected chi connectivity index (χ4v) is 1.17. The molecule has 1 aromatic carbocycles. The standard InChI is InChI=1S/C8H10S2/c9-5-7-1-2-8(6-10)4-3-7/h1-4,9-10H,5-6H2. The SMILES string of the molecule is SCc1ccc(CS)cc1. The van der Waals surface area contributed by atoms with Crippen LogP contribution in [0.15, 0.2) is 24.3 Å². The van der Waals surface area contributed by atoms with Gasteiger partial charge in [-0.1, -0.05) is 24.3 Å². The Morgan fingerprint density at radius 3 is 1.30 bits per heavy atom. The summed E-state index contributed by atoms with van der Waals surface area (Å²) < 4.78 is 0. The van der Waals surface area contributed by atoms with Crippen LogP contribution in [-0.2, 0) is 11.5 Å². The zero-order valence-corrected chi connectivity index (χ0v) is 7.41. The van der Waals surface area contributed by atoms with Crippen LogP contribution in [0, 0.1) is 0 Å². The molecule has 0 amide bonds. The van der Waals surface area contributed by atoms with Gasteiger partial charge >= 0.3 is 0 Å². The van der Waals surface area contributed by atoms with E-state index < -0.39 is 0 Å². The Labute approximate surface area is 72.5 Å². The fourth-order valence-electron chi connectivity index (χ4n) is 0.750. The van der Waals surface area contributed by atoms with Crippen LogP contribution in [0.1, 0.15) is 11.1 Å². The van der Waals surface area contributed by atoms with Crippen LogP contribution in [0.25, 0.3) is 0 Å². The molecule has 0 spiro atoms. The maximum Gasteiger partial charge on any atom is 0.0154 e. The maximum atomic E-state index is 4.15. The van der Waals surface area contributed by atoms with E-state index in [1.165, 1.54) is 11.1 Å². The fraction of sp³-hybridized carbons (Fsp3) is 0.250. The minimum atomic E-state index is 0.812. The van der Waals surface area contributed by atoms with Crippen LogP contribution in [0.3, 0.4) is 0 Å². The molecule has 0 heterocycles. The maximum absolute atomic E-state index is 4.15. The highest BCUT2D eigenvalue weighted by atomic mass is 32.1. The second-order valence-electron chi connectivity index (χ2n) is 2.13. The lowest BCUT2D eigenvalue weighted by Gasteiger charge is -1.96. The van der Waals surface area contributed by atoms with Gasteiger partial charge in [0.05, 0.1) is 0 Å². The summed E-state index contributed by atoms with van der Waals surface area (Å²) >= 11 is 8.31. The van der Waals surface area contributed by atoms with Crippen LogP contribution < -0.4 is 0 Å². The van der Waals surface area contributed by atoms with Crippen molar-refractivity contribution in [3.8, 4) is 0 Å². The zero-order valence-electron chi connectivity index (χ0n) is 5.62. The summed E-state index contributed by atoms with van der Waals surface area (Å²) in [5.74, 6) is 1.62. The molecular weight excluding hydrogens is 160 g/mol. The predicted molar refractivity (Wildman–Crippen MR) is 51.8 cm³/mol. The van der Waals surface area contributed by atoms with Crippen molar-refractivity contribution in [2.75, 3.05) is 0 Å². The van der Waals surface area contributed by atoms with E-state index >= 15 is 0 Å². The van der Waals surface area contributed by atoms with Gasteiger partial charge in [0.2, 0.25) is 0 Å². The van der Waals surface area contributed by atoms with Crippen molar-refractivity contribution in [3.63, 3.8) is 0 Å². The Morgan fingerprint density at radius 2 is 1.10 bits per heavy atom. The van der Waals surface area contributed by atoms with E-state index in [1.54, 1.807) is 0 Å². The molecule has 0 bridgehead atoms. The monoisotopic (exact) mass is 170 g/mol. The highest BCUT2D eigenvalue weighted by Gasteiger charge is 1.88. The van der Waals surface area contributed by atoms with Crippen LogP contribution in [-0.4, -0.2) is 0 Å². The van der Waals surface area contributed by atoms with Crippen molar-refractivity contribution >= 4 is 25.3 Å². The molecule has 2 heteroatoms. The van der Waals surface area contributed by atoms with Crippen molar-refractivity contribution in [1.82, 2.24) is 0 Å². The van der Waals surface area contributed by atoms with Gasteiger partial charge in [0.1, 0.15) is 0 Å². The molecule has 0 radical (unpaired) electrons. The Balaban J connectivity index is 2.80. The average molecular weight is 170 g/mol. The Hall–Kier alpha value is -0.0800. The van der Waals surface area contributed by atoms with Gasteiger partial charge in [0.15, 0.2) is 0 Å². The van der Waals surface area contributed by atoms with Gasteiger partial charge in [-0.25, -0.2) is 0 Å². The van der Waals surface area contributed by atoms with Gasteiger partial charge < -0.3 is 0 Å². The summed E-state index contributed by atoms with van der Waals surface area (Å²) in [5, 5.41) is 0. The Kier molecular flexibility index (Phi) is 3.16. The van der Waals surface area contributed by atoms with E-state index in [-0.39, 0.29) is 0 Å². The van der Waals surface area contributed by atoms with Crippen molar-refractivity contribution in [3.05, 3.63) is 35.4 Å². The van der Waals surface area contributed by atoms with E-state index in [1.807, 2.05) is 0 Å². The van der Waals surface area contributed by atoms with Gasteiger partial charge in [0, 0.05) is 11.5 Å². The molecule has 0 nitrogen and oxygen atoms in total. The largest absolute Gasteiger partial charge is 0.175 e. The quantitative estimate of drug-likeness (QED) is 0.626. The van der Waals surface area contributed by atoms with Crippen LogP contribution in [0.4, 0.5) is 0 Å². The first-order valence-corrected chi connectivity index (χ1v) is 4.43. The molecule has 0 N–H and O–H groups in total. The number of rotatable bonds is 2. The average Bonchev–Trinajstić information content (AvgIpc) is 2.05. The van der Waals surface area contributed by atoms with Crippen molar-refractivity contribution in [2.24, 2.45) is 0 Å². The molecule has 10 heavy (non-hydrogen) atoms. The third-order valence-corrected chi connectivity index (χ3v) is 2.12. The normalized spacial score (nSPS) is 9.80. The minimum Gasteiger partial charge on any atom is -0.175 e. The zero-order chi connectivity index (χ0) is 7.40. The van der Waals surface area contributed by atoms with Crippen molar-refractivity contribution in [1.29, 1.82) is 0 Å². The molecule has 0 saturated carbocycles. The molecule has 1 aromatic rings. The van der Waals surface area contributed by atoms with E-state index in [9.17, 15) is 0 Å². The van der Waals surface area contributed by atoms with Gasteiger partial charge in [-0.2, -0.15) is 25.3 Å². The Morgan fingerprint density at radius 1 is 0.800 bits per heavy atom. The lowest BCUT2D eigenvalue weighted by Crippen LogP contribution is -1.79. The van der Waals surface area contributed by atoms with E-state index in [4.69, 9.17) is 0 Å². The second-order valence-corrected chi connectivity index (χ2v) is 2.77. The first-order chi connectivity index (χ1) is 4.86. The third kappa shape index (κ3) is 1.96. The lowest BCUT2D eigenvalue weighted by atomic mass is 10.2. The van der Waals surface area contributed by atoms with Gasteiger partial charge in [-0.15, -0.1) is 0 Å². The molecule has 0 atom stereocenters. The summed E-state index contributed by atoms with van der Waals surface area (Å²) in [5.41, 5.74) is 2.52. The highest BCUT2D eigenvalue weighted by Crippen LogP contribution is 2.07. The van der Waals surface area contributed by atoms with Crippen LogP contribution in [0.5, 0.6) is 0 Å². The molecule has 0 aliphatic carbocycles. The van der Waals surface area contributed by atoms with Gasteiger partial charge in [-0.05, 0) is 11.1 Å². The molecule has 0 aromatic heterocycles. The first-order valence-electron chi connectivity index (χ1n) is 3.16.